The van der Waals surface area contributed by atoms with E-state index in [2.05, 4.69) is 54.7 Å². The molecule has 0 aromatic carbocycles. The molecule has 0 aliphatic heterocycles. The summed E-state index contributed by atoms with van der Waals surface area (Å²) in [4.78, 5) is 6.75. The first kappa shape index (κ1) is 13.7. The number of anilines is 1. The maximum atomic E-state index is 4.53. The van der Waals surface area contributed by atoms with E-state index in [1.165, 1.54) is 5.56 Å². The second-order valence-electron chi connectivity index (χ2n) is 4.49. The van der Waals surface area contributed by atoms with Crippen LogP contribution in [0.4, 0.5) is 5.82 Å². The fourth-order valence-corrected chi connectivity index (χ4v) is 1.70. The molecule has 1 N–H and O–H groups in total. The van der Waals surface area contributed by atoms with Crippen LogP contribution in [0, 0.1) is 0 Å². The highest BCUT2D eigenvalue weighted by Crippen LogP contribution is 2.17. The van der Waals surface area contributed by atoms with Crippen LogP contribution >= 0.6 is 0 Å². The van der Waals surface area contributed by atoms with E-state index in [4.69, 9.17) is 0 Å². The van der Waals surface area contributed by atoms with Crippen molar-refractivity contribution in [2.45, 2.75) is 32.9 Å². The average Bonchev–Trinajstić information content (AvgIpc) is 2.35. The Labute approximate surface area is 105 Å². The predicted molar refractivity (Wildman–Crippen MR) is 74.4 cm³/mol. The molecule has 3 heteroatoms. The molecule has 17 heavy (non-hydrogen) atoms. The minimum Gasteiger partial charge on any atom is -0.350 e. The van der Waals surface area contributed by atoms with Crippen molar-refractivity contribution in [2.75, 3.05) is 18.5 Å². The minimum atomic E-state index is 0.337. The summed E-state index contributed by atoms with van der Waals surface area (Å²) in [5.74, 6) is 1.01. The minimum absolute atomic E-state index is 0.337. The van der Waals surface area contributed by atoms with E-state index in [1.54, 1.807) is 0 Å². The lowest BCUT2D eigenvalue weighted by Gasteiger charge is -2.26. The zero-order valence-corrected chi connectivity index (χ0v) is 11.3. The molecule has 0 bridgehead atoms. The summed E-state index contributed by atoms with van der Waals surface area (Å²) >= 11 is 0. The number of pyridine rings is 1. The fraction of sp³-hybridized carbons (Fsp3) is 0.500. The van der Waals surface area contributed by atoms with E-state index >= 15 is 0 Å². The van der Waals surface area contributed by atoms with Gasteiger partial charge in [0.05, 0.1) is 0 Å². The Morgan fingerprint density at radius 1 is 1.41 bits per heavy atom. The highest BCUT2D eigenvalue weighted by atomic mass is 15.2. The summed E-state index contributed by atoms with van der Waals surface area (Å²) < 4.78 is 0. The van der Waals surface area contributed by atoms with E-state index < -0.39 is 0 Å². The number of nitrogens with zero attached hydrogens (tertiary/aromatic N) is 2. The number of rotatable bonds is 6. The monoisotopic (exact) mass is 233 g/mol. The molecule has 1 heterocycles. The largest absolute Gasteiger partial charge is 0.350 e. The van der Waals surface area contributed by atoms with Gasteiger partial charge in [0.1, 0.15) is 5.82 Å². The van der Waals surface area contributed by atoms with Crippen molar-refractivity contribution in [2.24, 2.45) is 0 Å². The molecule has 0 aliphatic carbocycles. The molecule has 1 aromatic heterocycles. The first-order valence-corrected chi connectivity index (χ1v) is 6.11. The molecule has 1 rings (SSSR count). The molecule has 0 saturated carbocycles. The molecule has 0 saturated heterocycles. The van der Waals surface area contributed by atoms with Crippen molar-refractivity contribution in [3.63, 3.8) is 0 Å². The topological polar surface area (TPSA) is 28.2 Å². The maximum absolute atomic E-state index is 4.53. The molecule has 0 amide bonds. The average molecular weight is 233 g/mol. The van der Waals surface area contributed by atoms with Gasteiger partial charge in [0.25, 0.3) is 0 Å². The Balaban J connectivity index is 2.87. The highest BCUT2D eigenvalue weighted by Gasteiger charge is 2.10. The van der Waals surface area contributed by atoms with E-state index in [0.29, 0.717) is 12.1 Å². The smallest absolute Gasteiger partial charge is 0.128 e. The van der Waals surface area contributed by atoms with Gasteiger partial charge in [0.15, 0.2) is 0 Å². The van der Waals surface area contributed by atoms with E-state index in [-0.39, 0.29) is 0 Å². The van der Waals surface area contributed by atoms with Gasteiger partial charge in [0.2, 0.25) is 0 Å². The van der Waals surface area contributed by atoms with Crippen LogP contribution in [0.3, 0.4) is 0 Å². The summed E-state index contributed by atoms with van der Waals surface area (Å²) in [5.41, 5.74) is 1.21. The third kappa shape index (κ3) is 3.56. The van der Waals surface area contributed by atoms with Crippen LogP contribution in [0.15, 0.2) is 31.0 Å². The highest BCUT2D eigenvalue weighted by molar-refractivity contribution is 5.41. The number of aromatic nitrogens is 1. The lowest BCUT2D eigenvalue weighted by atomic mass is 10.1. The van der Waals surface area contributed by atoms with E-state index in [9.17, 15) is 0 Å². The summed E-state index contributed by atoms with van der Waals surface area (Å²) in [6.45, 7) is 11.1. The summed E-state index contributed by atoms with van der Waals surface area (Å²) in [6, 6.07) is 4.96. The van der Waals surface area contributed by atoms with Gasteiger partial charge in [0, 0.05) is 24.8 Å². The third-order valence-corrected chi connectivity index (χ3v) is 2.95. The van der Waals surface area contributed by atoms with Crippen molar-refractivity contribution in [1.29, 1.82) is 0 Å². The van der Waals surface area contributed by atoms with Crippen LogP contribution in [0.25, 0.3) is 0 Å². The zero-order valence-electron chi connectivity index (χ0n) is 11.3. The van der Waals surface area contributed by atoms with Gasteiger partial charge in [-0.25, -0.2) is 4.98 Å². The quantitative estimate of drug-likeness (QED) is 0.766. The lowest BCUT2D eigenvalue weighted by Crippen LogP contribution is -2.31. The van der Waals surface area contributed by atoms with Crippen molar-refractivity contribution in [3.05, 3.63) is 36.5 Å². The van der Waals surface area contributed by atoms with Crippen LogP contribution in [0.5, 0.6) is 0 Å². The number of hydrogen-bond acceptors (Lipinski definition) is 3. The summed E-state index contributed by atoms with van der Waals surface area (Å²) in [6.07, 6.45) is 3.85. The van der Waals surface area contributed by atoms with Gasteiger partial charge in [-0.3, -0.25) is 0 Å². The molecule has 0 aliphatic rings. The molecule has 94 valence electrons. The first-order chi connectivity index (χ1) is 8.10. The van der Waals surface area contributed by atoms with Crippen LogP contribution in [-0.4, -0.2) is 24.6 Å². The molecular formula is C14H23N3. The molecule has 0 radical (unpaired) electrons. The van der Waals surface area contributed by atoms with Crippen molar-refractivity contribution < 1.29 is 0 Å². The van der Waals surface area contributed by atoms with Gasteiger partial charge in [-0.1, -0.05) is 12.1 Å². The first-order valence-electron chi connectivity index (χ1n) is 6.11. The lowest BCUT2D eigenvalue weighted by molar-refractivity contribution is 0.647. The fourth-order valence-electron chi connectivity index (χ4n) is 1.70. The van der Waals surface area contributed by atoms with E-state index in [1.807, 2.05) is 19.3 Å². The Kier molecular flexibility index (Phi) is 5.16. The van der Waals surface area contributed by atoms with Gasteiger partial charge < -0.3 is 10.2 Å². The zero-order chi connectivity index (χ0) is 12.8. The van der Waals surface area contributed by atoms with Gasteiger partial charge in [-0.15, -0.1) is 6.58 Å². The molecule has 0 fully saturated rings. The van der Waals surface area contributed by atoms with Crippen molar-refractivity contribution in [3.8, 4) is 0 Å². The molecular weight excluding hydrogens is 210 g/mol. The second-order valence-corrected chi connectivity index (χ2v) is 4.49. The normalized spacial score (nSPS) is 12.5. The Bertz CT molecular complexity index is 343. The second kappa shape index (κ2) is 6.40. The number of hydrogen-bond donors (Lipinski definition) is 1. The van der Waals surface area contributed by atoms with E-state index in [0.717, 1.165) is 12.4 Å². The molecule has 3 nitrogen and oxygen atoms in total. The van der Waals surface area contributed by atoms with Crippen LogP contribution in [-0.2, 0) is 0 Å². The van der Waals surface area contributed by atoms with Gasteiger partial charge in [-0.2, -0.15) is 0 Å². The SMILES string of the molecule is C=CCN(c1ccc(C(C)NC)cn1)C(C)C. The number of nitrogens with one attached hydrogen (secondary N) is 1. The standard InChI is InChI=1S/C14H23N3/c1-6-9-17(11(2)3)14-8-7-13(10-16-14)12(4)15-5/h6-8,10-12,15H,1,9H2,2-5H3. The van der Waals surface area contributed by atoms with Crippen molar-refractivity contribution in [1.82, 2.24) is 10.3 Å². The molecule has 0 spiro atoms. The van der Waals surface area contributed by atoms with Crippen LogP contribution < -0.4 is 10.2 Å². The third-order valence-electron chi connectivity index (χ3n) is 2.95. The Morgan fingerprint density at radius 3 is 2.53 bits per heavy atom. The molecule has 1 aromatic rings. The Hall–Kier alpha value is -1.35. The van der Waals surface area contributed by atoms with Crippen molar-refractivity contribution >= 4 is 5.82 Å². The summed E-state index contributed by atoms with van der Waals surface area (Å²) in [5, 5.41) is 3.21. The Morgan fingerprint density at radius 2 is 2.12 bits per heavy atom. The van der Waals surface area contributed by atoms with Crippen LogP contribution in [0.2, 0.25) is 0 Å². The van der Waals surface area contributed by atoms with Gasteiger partial charge >= 0.3 is 0 Å². The molecule has 1 atom stereocenters. The summed E-state index contributed by atoms with van der Waals surface area (Å²) in [7, 11) is 1.96. The maximum Gasteiger partial charge on any atom is 0.128 e. The van der Waals surface area contributed by atoms with Gasteiger partial charge in [-0.05, 0) is 39.4 Å². The predicted octanol–water partition coefficient (Wildman–Crippen LogP) is 2.76. The van der Waals surface area contributed by atoms with Crippen LogP contribution in [0.1, 0.15) is 32.4 Å². The molecule has 1 unspecified atom stereocenters.